The van der Waals surface area contributed by atoms with E-state index in [-0.39, 0.29) is 11.8 Å². The van der Waals surface area contributed by atoms with Crippen LogP contribution in [0, 0.1) is 0 Å². The summed E-state index contributed by atoms with van der Waals surface area (Å²) in [5.74, 6) is -0.0679. The summed E-state index contributed by atoms with van der Waals surface area (Å²) in [5.41, 5.74) is 0.521. The number of hydrogen-bond donors (Lipinski definition) is 1. The van der Waals surface area contributed by atoms with E-state index in [0.29, 0.717) is 37.4 Å². The highest BCUT2D eigenvalue weighted by atomic mass is 32.1. The predicted molar refractivity (Wildman–Crippen MR) is 112 cm³/mol. The van der Waals surface area contributed by atoms with E-state index in [4.69, 9.17) is 4.74 Å². The first-order valence-electron chi connectivity index (χ1n) is 9.45. The molecule has 29 heavy (non-hydrogen) atoms. The normalized spacial score (nSPS) is 14.4. The summed E-state index contributed by atoms with van der Waals surface area (Å²) in [5, 5.41) is 4.53. The van der Waals surface area contributed by atoms with Crippen LogP contribution in [-0.4, -0.2) is 59.5 Å². The molecule has 3 rings (SSSR count). The van der Waals surface area contributed by atoms with Gasteiger partial charge in [-0.3, -0.25) is 14.9 Å². The van der Waals surface area contributed by atoms with Crippen LogP contribution in [0.1, 0.15) is 40.8 Å². The van der Waals surface area contributed by atoms with Crippen molar-refractivity contribution >= 4 is 34.9 Å². The molecule has 1 saturated heterocycles. The molecular weight excluding hydrogens is 390 g/mol. The molecule has 0 aliphatic carbocycles. The Labute approximate surface area is 174 Å². The van der Waals surface area contributed by atoms with Gasteiger partial charge < -0.3 is 14.5 Å². The van der Waals surface area contributed by atoms with Crippen molar-refractivity contribution < 1.29 is 19.1 Å². The lowest BCUT2D eigenvalue weighted by molar-refractivity contribution is 0.0538. The number of nitrogens with zero attached hydrogens (tertiary/aromatic N) is 2. The minimum atomic E-state index is -0.576. The molecule has 0 bridgehead atoms. The van der Waals surface area contributed by atoms with Crippen LogP contribution in [0.2, 0.25) is 0 Å². The number of thiophene rings is 1. The molecule has 1 aliphatic heterocycles. The maximum absolute atomic E-state index is 12.7. The standard InChI is InChI=1S/C21H25N3O4S/c1-21(2,3)28-20(27)22-16-8-6-15(7-9-16)18(25)23-10-12-24(13-11-23)19(26)17-5-4-14-29-17/h4-9,14H,10-13H2,1-3H3,(H,22,27). The number of ether oxygens (including phenoxy) is 1. The van der Waals surface area contributed by atoms with Gasteiger partial charge in [-0.05, 0) is 56.5 Å². The second-order valence-electron chi connectivity index (χ2n) is 7.77. The van der Waals surface area contributed by atoms with E-state index in [1.54, 1.807) is 54.8 Å². The van der Waals surface area contributed by atoms with Gasteiger partial charge in [0.05, 0.1) is 4.88 Å². The highest BCUT2D eigenvalue weighted by Gasteiger charge is 2.26. The van der Waals surface area contributed by atoms with Crippen molar-refractivity contribution in [2.45, 2.75) is 26.4 Å². The molecule has 7 nitrogen and oxygen atoms in total. The van der Waals surface area contributed by atoms with E-state index >= 15 is 0 Å². The summed E-state index contributed by atoms with van der Waals surface area (Å²) >= 11 is 1.43. The highest BCUT2D eigenvalue weighted by Crippen LogP contribution is 2.17. The zero-order valence-electron chi connectivity index (χ0n) is 16.8. The summed E-state index contributed by atoms with van der Waals surface area (Å²) in [6.07, 6.45) is -0.539. The van der Waals surface area contributed by atoms with Crippen molar-refractivity contribution in [1.82, 2.24) is 9.80 Å². The monoisotopic (exact) mass is 415 g/mol. The first kappa shape index (κ1) is 20.9. The summed E-state index contributed by atoms with van der Waals surface area (Å²) in [7, 11) is 0. The van der Waals surface area contributed by atoms with Crippen molar-refractivity contribution in [3.05, 3.63) is 52.2 Å². The molecule has 2 aromatic rings. The maximum atomic E-state index is 12.7. The van der Waals surface area contributed by atoms with Crippen molar-refractivity contribution in [1.29, 1.82) is 0 Å². The van der Waals surface area contributed by atoms with Gasteiger partial charge in [-0.15, -0.1) is 11.3 Å². The minimum Gasteiger partial charge on any atom is -0.444 e. The van der Waals surface area contributed by atoms with Gasteiger partial charge in [0.25, 0.3) is 11.8 Å². The molecule has 1 aromatic carbocycles. The molecule has 0 unspecified atom stereocenters. The van der Waals surface area contributed by atoms with Crippen LogP contribution in [-0.2, 0) is 4.74 Å². The first-order valence-corrected chi connectivity index (χ1v) is 10.3. The second kappa shape index (κ2) is 8.65. The third-order valence-electron chi connectivity index (χ3n) is 4.36. The quantitative estimate of drug-likeness (QED) is 0.829. The molecule has 1 aliphatic rings. The minimum absolute atomic E-state index is 0.0182. The van der Waals surface area contributed by atoms with Crippen LogP contribution < -0.4 is 5.32 Å². The lowest BCUT2D eigenvalue weighted by atomic mass is 10.1. The van der Waals surface area contributed by atoms with Gasteiger partial charge >= 0.3 is 6.09 Å². The van der Waals surface area contributed by atoms with Crippen molar-refractivity contribution in [3.8, 4) is 0 Å². The molecule has 0 spiro atoms. The van der Waals surface area contributed by atoms with Gasteiger partial charge in [0.15, 0.2) is 0 Å². The SMILES string of the molecule is CC(C)(C)OC(=O)Nc1ccc(C(=O)N2CCN(C(=O)c3cccs3)CC2)cc1. The molecule has 8 heteroatoms. The predicted octanol–water partition coefficient (Wildman–Crippen LogP) is 3.69. The zero-order chi connectivity index (χ0) is 21.0. The van der Waals surface area contributed by atoms with E-state index in [9.17, 15) is 14.4 Å². The van der Waals surface area contributed by atoms with Crippen LogP contribution >= 0.6 is 11.3 Å². The number of hydrogen-bond acceptors (Lipinski definition) is 5. The topological polar surface area (TPSA) is 79.0 Å². The Bertz CT molecular complexity index is 864. The number of carbonyl (C=O) groups excluding carboxylic acids is 3. The highest BCUT2D eigenvalue weighted by molar-refractivity contribution is 7.12. The van der Waals surface area contributed by atoms with E-state index in [1.165, 1.54) is 11.3 Å². The summed E-state index contributed by atoms with van der Waals surface area (Å²) in [6.45, 7) is 7.40. The Kier molecular flexibility index (Phi) is 6.22. The van der Waals surface area contributed by atoms with Crippen molar-refractivity contribution in [2.75, 3.05) is 31.5 Å². The number of anilines is 1. The summed E-state index contributed by atoms with van der Waals surface area (Å²) in [6, 6.07) is 10.4. The average molecular weight is 416 g/mol. The van der Waals surface area contributed by atoms with Gasteiger partial charge in [0.2, 0.25) is 0 Å². The molecular formula is C21H25N3O4S. The number of benzene rings is 1. The molecule has 1 N–H and O–H groups in total. The number of piperazine rings is 1. The van der Waals surface area contributed by atoms with Gasteiger partial charge in [-0.2, -0.15) is 0 Å². The van der Waals surface area contributed by atoms with Crippen LogP contribution in [0.25, 0.3) is 0 Å². The Balaban J connectivity index is 1.53. The zero-order valence-corrected chi connectivity index (χ0v) is 17.6. The van der Waals surface area contributed by atoms with E-state index < -0.39 is 11.7 Å². The largest absolute Gasteiger partial charge is 0.444 e. The van der Waals surface area contributed by atoms with E-state index in [0.717, 1.165) is 4.88 Å². The number of amides is 3. The molecule has 1 aromatic heterocycles. The van der Waals surface area contributed by atoms with Gasteiger partial charge in [-0.1, -0.05) is 6.07 Å². The molecule has 2 heterocycles. The van der Waals surface area contributed by atoms with Crippen LogP contribution in [0.4, 0.5) is 10.5 Å². The number of carbonyl (C=O) groups is 3. The fraction of sp³-hybridized carbons (Fsp3) is 0.381. The first-order chi connectivity index (χ1) is 13.7. The van der Waals surface area contributed by atoms with Crippen molar-refractivity contribution in [2.24, 2.45) is 0 Å². The third kappa shape index (κ3) is 5.57. The molecule has 0 atom stereocenters. The van der Waals surface area contributed by atoms with Crippen LogP contribution in [0.5, 0.6) is 0 Å². The maximum Gasteiger partial charge on any atom is 0.412 e. The lowest BCUT2D eigenvalue weighted by Crippen LogP contribution is -2.50. The van der Waals surface area contributed by atoms with Gasteiger partial charge in [0, 0.05) is 37.4 Å². The fourth-order valence-corrected chi connectivity index (χ4v) is 3.66. The van der Waals surface area contributed by atoms with Crippen molar-refractivity contribution in [3.63, 3.8) is 0 Å². The molecule has 0 radical (unpaired) electrons. The average Bonchev–Trinajstić information content (AvgIpc) is 3.21. The summed E-state index contributed by atoms with van der Waals surface area (Å²) < 4.78 is 5.21. The number of rotatable bonds is 3. The molecule has 0 saturated carbocycles. The smallest absolute Gasteiger partial charge is 0.412 e. The summed E-state index contributed by atoms with van der Waals surface area (Å²) in [4.78, 5) is 41.2. The van der Waals surface area contributed by atoms with Crippen LogP contribution in [0.3, 0.4) is 0 Å². The van der Waals surface area contributed by atoms with Gasteiger partial charge in [0.1, 0.15) is 5.60 Å². The van der Waals surface area contributed by atoms with E-state index in [2.05, 4.69) is 5.32 Å². The Morgan fingerprint density at radius 3 is 2.03 bits per heavy atom. The second-order valence-corrected chi connectivity index (χ2v) is 8.71. The van der Waals surface area contributed by atoms with E-state index in [1.807, 2.05) is 17.5 Å². The number of nitrogens with one attached hydrogen (secondary N) is 1. The molecule has 154 valence electrons. The third-order valence-corrected chi connectivity index (χ3v) is 5.22. The molecule has 1 fully saturated rings. The Morgan fingerprint density at radius 1 is 0.931 bits per heavy atom. The Morgan fingerprint density at radius 2 is 1.52 bits per heavy atom. The van der Waals surface area contributed by atoms with Crippen LogP contribution in [0.15, 0.2) is 41.8 Å². The van der Waals surface area contributed by atoms with Gasteiger partial charge in [-0.25, -0.2) is 4.79 Å². The lowest BCUT2D eigenvalue weighted by Gasteiger charge is -2.34. The molecule has 3 amide bonds. The Hall–Kier alpha value is -2.87. The fourth-order valence-electron chi connectivity index (χ4n) is 2.97.